The van der Waals surface area contributed by atoms with Crippen LogP contribution < -0.4 is 10.1 Å². The molecule has 0 amide bonds. The predicted molar refractivity (Wildman–Crippen MR) is 88.7 cm³/mol. The zero-order valence-electron chi connectivity index (χ0n) is 13.2. The molecule has 3 nitrogen and oxygen atoms in total. The van der Waals surface area contributed by atoms with Crippen molar-refractivity contribution >= 4 is 0 Å². The van der Waals surface area contributed by atoms with Crippen molar-refractivity contribution in [2.45, 2.75) is 26.3 Å². The van der Waals surface area contributed by atoms with Crippen LogP contribution in [0.15, 0.2) is 36.9 Å². The van der Waals surface area contributed by atoms with Gasteiger partial charge in [-0.15, -0.1) is 0 Å². The number of nitrogens with one attached hydrogen (secondary N) is 1. The minimum absolute atomic E-state index is 0.562. The minimum atomic E-state index is 0.562. The summed E-state index contributed by atoms with van der Waals surface area (Å²) in [6, 6.07) is 8.24. The molecule has 21 heavy (non-hydrogen) atoms. The number of piperidine rings is 1. The van der Waals surface area contributed by atoms with Gasteiger partial charge < -0.3 is 15.0 Å². The van der Waals surface area contributed by atoms with Crippen LogP contribution in [0.3, 0.4) is 0 Å². The second kappa shape index (κ2) is 8.85. The molecule has 1 heterocycles. The first-order valence-electron chi connectivity index (χ1n) is 8.08. The molecule has 1 saturated heterocycles. The molecule has 0 aromatic heterocycles. The highest BCUT2D eigenvalue weighted by atomic mass is 16.5. The summed E-state index contributed by atoms with van der Waals surface area (Å²) in [5.74, 6) is 1.78. The third kappa shape index (κ3) is 5.18. The van der Waals surface area contributed by atoms with Crippen LogP contribution in [0.5, 0.6) is 5.75 Å². The third-order valence-corrected chi connectivity index (χ3v) is 4.23. The molecule has 0 saturated carbocycles. The van der Waals surface area contributed by atoms with Crippen LogP contribution in [0, 0.1) is 5.92 Å². The number of hydrogen-bond acceptors (Lipinski definition) is 3. The molecular weight excluding hydrogens is 260 g/mol. The second-order valence-corrected chi connectivity index (χ2v) is 5.72. The first kappa shape index (κ1) is 16.1. The van der Waals surface area contributed by atoms with Gasteiger partial charge in [0.2, 0.25) is 0 Å². The fourth-order valence-electron chi connectivity index (χ4n) is 2.86. The van der Waals surface area contributed by atoms with Gasteiger partial charge >= 0.3 is 0 Å². The number of ether oxygens (including phenoxy) is 1. The van der Waals surface area contributed by atoms with Crippen LogP contribution in [0.25, 0.3) is 0 Å². The second-order valence-electron chi connectivity index (χ2n) is 5.72. The monoisotopic (exact) mass is 288 g/mol. The maximum Gasteiger partial charge on any atom is 0.124 e. The summed E-state index contributed by atoms with van der Waals surface area (Å²) in [5.41, 5.74) is 1.23. The Kier molecular flexibility index (Phi) is 6.77. The largest absolute Gasteiger partial charge is 0.489 e. The van der Waals surface area contributed by atoms with Crippen LogP contribution in [-0.4, -0.2) is 37.7 Å². The Balaban J connectivity index is 1.74. The molecule has 116 valence electrons. The van der Waals surface area contributed by atoms with Crippen molar-refractivity contribution in [1.82, 2.24) is 10.2 Å². The molecule has 0 unspecified atom stereocenters. The Morgan fingerprint density at radius 1 is 1.33 bits per heavy atom. The number of rotatable bonds is 8. The Bertz CT molecular complexity index is 425. The van der Waals surface area contributed by atoms with Crippen LogP contribution in [0.1, 0.15) is 25.3 Å². The third-order valence-electron chi connectivity index (χ3n) is 4.23. The number of para-hydroxylation sites is 1. The summed E-state index contributed by atoms with van der Waals surface area (Å²) in [6.45, 7) is 12.2. The smallest absolute Gasteiger partial charge is 0.124 e. The highest BCUT2D eigenvalue weighted by molar-refractivity contribution is 5.33. The number of likely N-dealkylation sites (tertiary alicyclic amines) is 1. The van der Waals surface area contributed by atoms with E-state index < -0.39 is 0 Å². The van der Waals surface area contributed by atoms with E-state index in [1.165, 1.54) is 38.0 Å². The Morgan fingerprint density at radius 3 is 2.81 bits per heavy atom. The zero-order valence-corrected chi connectivity index (χ0v) is 13.2. The molecule has 1 aliphatic rings. The predicted octanol–water partition coefficient (Wildman–Crippen LogP) is 3.07. The van der Waals surface area contributed by atoms with Gasteiger partial charge in [-0.05, 0) is 51.0 Å². The van der Waals surface area contributed by atoms with Crippen LogP contribution in [0.4, 0.5) is 0 Å². The van der Waals surface area contributed by atoms with Gasteiger partial charge in [-0.3, -0.25) is 0 Å². The maximum atomic E-state index is 5.69. The lowest BCUT2D eigenvalue weighted by Crippen LogP contribution is -2.36. The summed E-state index contributed by atoms with van der Waals surface area (Å²) >= 11 is 0. The molecular formula is C18H28N2O. The van der Waals surface area contributed by atoms with Crippen LogP contribution in [-0.2, 0) is 6.54 Å². The first-order valence-corrected chi connectivity index (χ1v) is 8.08. The summed E-state index contributed by atoms with van der Waals surface area (Å²) in [5, 5.41) is 3.60. The highest BCUT2D eigenvalue weighted by Crippen LogP contribution is 2.19. The molecule has 2 rings (SSSR count). The Labute approximate surface area is 129 Å². The van der Waals surface area contributed by atoms with Gasteiger partial charge in [0.1, 0.15) is 12.4 Å². The molecule has 0 spiro atoms. The molecule has 1 aromatic carbocycles. The highest BCUT2D eigenvalue weighted by Gasteiger charge is 2.17. The zero-order chi connectivity index (χ0) is 14.9. The van der Waals surface area contributed by atoms with Gasteiger partial charge in [-0.1, -0.05) is 37.8 Å². The maximum absolute atomic E-state index is 5.69. The lowest BCUT2D eigenvalue weighted by atomic mass is 9.97. The molecule has 1 N–H and O–H groups in total. The molecule has 0 bridgehead atoms. The molecule has 0 atom stereocenters. The lowest BCUT2D eigenvalue weighted by Gasteiger charge is -2.31. The van der Waals surface area contributed by atoms with E-state index in [2.05, 4.69) is 35.9 Å². The van der Waals surface area contributed by atoms with Crippen molar-refractivity contribution in [3.63, 3.8) is 0 Å². The van der Waals surface area contributed by atoms with Crippen molar-refractivity contribution < 1.29 is 4.74 Å². The molecule has 1 aliphatic heterocycles. The fourth-order valence-corrected chi connectivity index (χ4v) is 2.86. The normalized spacial score (nSPS) is 16.8. The number of benzene rings is 1. The molecule has 1 fully saturated rings. The summed E-state index contributed by atoms with van der Waals surface area (Å²) in [4.78, 5) is 2.54. The average Bonchev–Trinajstić information content (AvgIpc) is 2.54. The van der Waals surface area contributed by atoms with E-state index in [9.17, 15) is 0 Å². The van der Waals surface area contributed by atoms with Gasteiger partial charge in [0.25, 0.3) is 0 Å². The topological polar surface area (TPSA) is 24.5 Å². The van der Waals surface area contributed by atoms with E-state index in [1.807, 2.05) is 12.1 Å². The van der Waals surface area contributed by atoms with Crippen LogP contribution >= 0.6 is 0 Å². The van der Waals surface area contributed by atoms with Crippen molar-refractivity contribution in [3.05, 3.63) is 42.5 Å². The average molecular weight is 288 g/mol. The standard InChI is InChI=1S/C18H28N2O/c1-3-13-21-18-8-6-5-7-17(18)15-19-14-16-9-11-20(4-2)12-10-16/h3,5-8,16,19H,1,4,9-15H2,2H3. The fraction of sp³-hybridized carbons (Fsp3) is 0.556. The number of nitrogens with zero attached hydrogens (tertiary/aromatic N) is 1. The molecule has 3 heteroatoms. The first-order chi connectivity index (χ1) is 10.3. The summed E-state index contributed by atoms with van der Waals surface area (Å²) < 4.78 is 5.69. The Hall–Kier alpha value is -1.32. The van der Waals surface area contributed by atoms with E-state index >= 15 is 0 Å². The SMILES string of the molecule is C=CCOc1ccccc1CNCC1CCN(CC)CC1. The van der Waals surface area contributed by atoms with Crippen molar-refractivity contribution in [3.8, 4) is 5.75 Å². The van der Waals surface area contributed by atoms with E-state index in [0.717, 1.165) is 24.8 Å². The van der Waals surface area contributed by atoms with Gasteiger partial charge in [-0.2, -0.15) is 0 Å². The van der Waals surface area contributed by atoms with E-state index in [4.69, 9.17) is 4.74 Å². The van der Waals surface area contributed by atoms with Gasteiger partial charge in [0, 0.05) is 12.1 Å². The summed E-state index contributed by atoms with van der Waals surface area (Å²) in [6.07, 6.45) is 4.41. The quantitative estimate of drug-likeness (QED) is 0.744. The minimum Gasteiger partial charge on any atom is -0.489 e. The molecule has 0 radical (unpaired) electrons. The molecule has 0 aliphatic carbocycles. The van der Waals surface area contributed by atoms with Crippen LogP contribution in [0.2, 0.25) is 0 Å². The van der Waals surface area contributed by atoms with Gasteiger partial charge in [0.15, 0.2) is 0 Å². The van der Waals surface area contributed by atoms with E-state index in [0.29, 0.717) is 6.61 Å². The number of hydrogen-bond donors (Lipinski definition) is 1. The van der Waals surface area contributed by atoms with Crippen molar-refractivity contribution in [2.24, 2.45) is 5.92 Å². The van der Waals surface area contributed by atoms with Gasteiger partial charge in [-0.25, -0.2) is 0 Å². The van der Waals surface area contributed by atoms with E-state index in [1.54, 1.807) is 6.08 Å². The Morgan fingerprint density at radius 2 is 2.10 bits per heavy atom. The van der Waals surface area contributed by atoms with Crippen molar-refractivity contribution in [1.29, 1.82) is 0 Å². The lowest BCUT2D eigenvalue weighted by molar-refractivity contribution is 0.190. The van der Waals surface area contributed by atoms with E-state index in [-0.39, 0.29) is 0 Å². The molecule has 1 aromatic rings. The van der Waals surface area contributed by atoms with Crippen molar-refractivity contribution in [2.75, 3.05) is 32.8 Å². The van der Waals surface area contributed by atoms with Gasteiger partial charge in [0.05, 0.1) is 0 Å². The summed E-state index contributed by atoms with van der Waals surface area (Å²) in [7, 11) is 0.